The third-order valence-electron chi connectivity index (χ3n) is 3.25. The number of nitrogens with zero attached hydrogens (tertiary/aromatic N) is 2. The van der Waals surface area contributed by atoms with Gasteiger partial charge in [-0.1, -0.05) is 6.07 Å². The molecule has 0 spiro atoms. The Balaban J connectivity index is 2.42. The van der Waals surface area contributed by atoms with Gasteiger partial charge in [0.05, 0.1) is 19.0 Å². The maximum absolute atomic E-state index is 5.24. The first-order valence-electron chi connectivity index (χ1n) is 6.03. The van der Waals surface area contributed by atoms with Crippen LogP contribution in [0.15, 0.2) is 30.5 Å². The highest BCUT2D eigenvalue weighted by molar-refractivity contribution is 5.41. The minimum Gasteiger partial charge on any atom is -0.497 e. The monoisotopic (exact) mass is 245 g/mol. The summed E-state index contributed by atoms with van der Waals surface area (Å²) in [7, 11) is 3.62. The van der Waals surface area contributed by atoms with E-state index in [2.05, 4.69) is 24.3 Å². The van der Waals surface area contributed by atoms with Gasteiger partial charge >= 0.3 is 0 Å². The van der Waals surface area contributed by atoms with Gasteiger partial charge in [-0.05, 0) is 33.0 Å². The predicted octanol–water partition coefficient (Wildman–Crippen LogP) is 2.47. The zero-order chi connectivity index (χ0) is 13.1. The fraction of sp³-hybridized carbons (Fsp3) is 0.357. The lowest BCUT2D eigenvalue weighted by Crippen LogP contribution is -2.13. The summed E-state index contributed by atoms with van der Waals surface area (Å²) < 4.78 is 7.17. The Labute approximate surface area is 108 Å². The third-order valence-corrected chi connectivity index (χ3v) is 3.25. The van der Waals surface area contributed by atoms with Crippen LogP contribution in [0.4, 0.5) is 0 Å². The van der Waals surface area contributed by atoms with Crippen LogP contribution in [0.5, 0.6) is 5.75 Å². The van der Waals surface area contributed by atoms with Crippen molar-refractivity contribution < 1.29 is 4.74 Å². The molecule has 0 aliphatic rings. The molecule has 0 fully saturated rings. The molecule has 2 rings (SSSR count). The summed E-state index contributed by atoms with van der Waals surface area (Å²) in [5.74, 6) is 0.839. The maximum Gasteiger partial charge on any atom is 0.121 e. The molecule has 1 heterocycles. The first kappa shape index (κ1) is 12.6. The van der Waals surface area contributed by atoms with Crippen LogP contribution in [0.2, 0.25) is 0 Å². The lowest BCUT2D eigenvalue weighted by Gasteiger charge is -2.11. The number of hydrogen-bond acceptors (Lipinski definition) is 3. The highest BCUT2D eigenvalue weighted by atomic mass is 16.5. The fourth-order valence-corrected chi connectivity index (χ4v) is 2.01. The van der Waals surface area contributed by atoms with Crippen molar-refractivity contribution in [2.45, 2.75) is 19.9 Å². The summed E-state index contributed by atoms with van der Waals surface area (Å²) in [6.45, 7) is 4.20. The molecule has 0 saturated carbocycles. The SMILES string of the molecule is CNC(C)c1cnn(-c2cccc(OC)c2)c1C. The molecule has 4 nitrogen and oxygen atoms in total. The number of rotatable bonds is 4. The minimum absolute atomic E-state index is 0.296. The predicted molar refractivity (Wildman–Crippen MR) is 72.3 cm³/mol. The molecule has 1 N–H and O–H groups in total. The molecule has 1 unspecified atom stereocenters. The highest BCUT2D eigenvalue weighted by Gasteiger charge is 2.12. The molecule has 0 saturated heterocycles. The molecule has 1 aromatic carbocycles. The first-order chi connectivity index (χ1) is 8.67. The van der Waals surface area contributed by atoms with E-state index < -0.39 is 0 Å². The number of methoxy groups -OCH3 is 1. The number of nitrogens with one attached hydrogen (secondary N) is 1. The van der Waals surface area contributed by atoms with Crippen LogP contribution >= 0.6 is 0 Å². The molecule has 0 aliphatic heterocycles. The van der Waals surface area contributed by atoms with Crippen molar-refractivity contribution in [2.75, 3.05) is 14.2 Å². The van der Waals surface area contributed by atoms with Crippen LogP contribution < -0.4 is 10.1 Å². The third kappa shape index (κ3) is 2.24. The number of ether oxygens (including phenoxy) is 1. The van der Waals surface area contributed by atoms with Crippen LogP contribution in [0.25, 0.3) is 5.69 Å². The Hall–Kier alpha value is -1.81. The maximum atomic E-state index is 5.24. The van der Waals surface area contributed by atoms with Crippen molar-refractivity contribution in [2.24, 2.45) is 0 Å². The zero-order valence-corrected chi connectivity index (χ0v) is 11.3. The van der Waals surface area contributed by atoms with Gasteiger partial charge in [0.2, 0.25) is 0 Å². The topological polar surface area (TPSA) is 39.1 Å². The summed E-state index contributed by atoms with van der Waals surface area (Å²) in [5.41, 5.74) is 3.37. The molecule has 0 aliphatic carbocycles. The molecule has 0 bridgehead atoms. The fourth-order valence-electron chi connectivity index (χ4n) is 2.01. The van der Waals surface area contributed by atoms with E-state index in [0.717, 1.165) is 17.1 Å². The molecule has 4 heteroatoms. The van der Waals surface area contributed by atoms with E-state index in [9.17, 15) is 0 Å². The first-order valence-corrected chi connectivity index (χ1v) is 6.03. The minimum atomic E-state index is 0.296. The molecule has 2 aromatic rings. The molecular weight excluding hydrogens is 226 g/mol. The molecule has 18 heavy (non-hydrogen) atoms. The van der Waals surface area contributed by atoms with Crippen molar-refractivity contribution in [3.63, 3.8) is 0 Å². The largest absolute Gasteiger partial charge is 0.497 e. The lowest BCUT2D eigenvalue weighted by molar-refractivity contribution is 0.414. The van der Waals surface area contributed by atoms with E-state index in [1.807, 2.05) is 42.2 Å². The van der Waals surface area contributed by atoms with E-state index in [1.54, 1.807) is 7.11 Å². The molecule has 96 valence electrons. The van der Waals surface area contributed by atoms with E-state index in [1.165, 1.54) is 5.56 Å². The molecule has 1 aromatic heterocycles. The Morgan fingerprint density at radius 2 is 2.17 bits per heavy atom. The Kier molecular flexibility index (Phi) is 3.67. The van der Waals surface area contributed by atoms with Crippen LogP contribution in [-0.2, 0) is 0 Å². The summed E-state index contributed by atoms with van der Waals surface area (Å²) >= 11 is 0. The van der Waals surface area contributed by atoms with Crippen LogP contribution in [0.3, 0.4) is 0 Å². The van der Waals surface area contributed by atoms with Crippen molar-refractivity contribution in [1.29, 1.82) is 0 Å². The summed E-state index contributed by atoms with van der Waals surface area (Å²) in [4.78, 5) is 0. The zero-order valence-electron chi connectivity index (χ0n) is 11.3. The van der Waals surface area contributed by atoms with Crippen LogP contribution in [0, 0.1) is 6.92 Å². The van der Waals surface area contributed by atoms with Crippen molar-refractivity contribution in [1.82, 2.24) is 15.1 Å². The Bertz CT molecular complexity index is 534. The summed E-state index contributed by atoms with van der Waals surface area (Å²) in [6.07, 6.45) is 1.91. The Morgan fingerprint density at radius 3 is 2.83 bits per heavy atom. The molecule has 1 atom stereocenters. The van der Waals surface area contributed by atoms with Gasteiger partial charge in [-0.25, -0.2) is 4.68 Å². The Morgan fingerprint density at radius 1 is 1.39 bits per heavy atom. The van der Waals surface area contributed by atoms with Crippen LogP contribution in [0.1, 0.15) is 24.2 Å². The van der Waals surface area contributed by atoms with Crippen LogP contribution in [-0.4, -0.2) is 23.9 Å². The average Bonchev–Trinajstić information content (AvgIpc) is 2.80. The average molecular weight is 245 g/mol. The second-order valence-corrected chi connectivity index (χ2v) is 4.31. The number of aromatic nitrogens is 2. The molecule has 0 amide bonds. The summed E-state index contributed by atoms with van der Waals surface area (Å²) in [6, 6.07) is 8.20. The van der Waals surface area contributed by atoms with Gasteiger partial charge in [-0.2, -0.15) is 5.10 Å². The second-order valence-electron chi connectivity index (χ2n) is 4.31. The number of hydrogen-bond donors (Lipinski definition) is 1. The van der Waals surface area contributed by atoms with Crippen molar-refractivity contribution in [3.8, 4) is 11.4 Å². The van der Waals surface area contributed by atoms with Gasteiger partial charge < -0.3 is 10.1 Å². The van der Waals surface area contributed by atoms with E-state index in [0.29, 0.717) is 6.04 Å². The van der Waals surface area contributed by atoms with E-state index >= 15 is 0 Å². The van der Waals surface area contributed by atoms with Gasteiger partial charge in [0.15, 0.2) is 0 Å². The van der Waals surface area contributed by atoms with Gasteiger partial charge in [-0.3, -0.25) is 0 Å². The molecular formula is C14H19N3O. The highest BCUT2D eigenvalue weighted by Crippen LogP contribution is 2.22. The molecule has 0 radical (unpaired) electrons. The smallest absolute Gasteiger partial charge is 0.121 e. The van der Waals surface area contributed by atoms with Gasteiger partial charge in [0, 0.05) is 23.4 Å². The van der Waals surface area contributed by atoms with Crippen molar-refractivity contribution in [3.05, 3.63) is 41.7 Å². The van der Waals surface area contributed by atoms with E-state index in [-0.39, 0.29) is 0 Å². The lowest BCUT2D eigenvalue weighted by atomic mass is 10.1. The standard InChI is InChI=1S/C14H19N3O/c1-10(15-3)14-9-16-17(11(14)2)12-6-5-7-13(8-12)18-4/h5-10,15H,1-4H3. The number of benzene rings is 1. The second kappa shape index (κ2) is 5.23. The van der Waals surface area contributed by atoms with Gasteiger partial charge in [0.1, 0.15) is 5.75 Å². The van der Waals surface area contributed by atoms with E-state index in [4.69, 9.17) is 4.74 Å². The van der Waals surface area contributed by atoms with Gasteiger partial charge in [-0.15, -0.1) is 0 Å². The summed E-state index contributed by atoms with van der Waals surface area (Å²) in [5, 5.41) is 7.68. The normalized spacial score (nSPS) is 12.4. The van der Waals surface area contributed by atoms with Gasteiger partial charge in [0.25, 0.3) is 0 Å². The quantitative estimate of drug-likeness (QED) is 0.899. The van der Waals surface area contributed by atoms with Crippen molar-refractivity contribution >= 4 is 0 Å².